The molecule has 0 amide bonds. The maximum atomic E-state index is 6.37. The number of anilines is 3. The van der Waals surface area contributed by atoms with E-state index in [-0.39, 0.29) is 0 Å². The molecule has 0 aliphatic heterocycles. The Morgan fingerprint density at radius 1 is 0.306 bits per heavy atom. The average Bonchev–Trinajstić information content (AvgIpc) is 3.73. The predicted octanol–water partition coefficient (Wildman–Crippen LogP) is 13.4. The molecule has 10 aromatic rings. The molecule has 0 aliphatic carbocycles. The summed E-state index contributed by atoms with van der Waals surface area (Å²) in [7, 11) is 0. The normalized spacial score (nSPS) is 11.7. The molecule has 0 radical (unpaired) electrons. The van der Waals surface area contributed by atoms with Gasteiger partial charge in [0.2, 0.25) is 0 Å². The van der Waals surface area contributed by atoms with E-state index >= 15 is 0 Å². The van der Waals surface area contributed by atoms with Crippen LogP contribution in [0.4, 0.5) is 17.1 Å². The van der Waals surface area contributed by atoms with Crippen molar-refractivity contribution in [2.45, 2.75) is 0 Å². The first kappa shape index (κ1) is 27.5. The Hall–Kier alpha value is -6.58. The van der Waals surface area contributed by atoms with Crippen molar-refractivity contribution in [3.63, 3.8) is 0 Å². The lowest BCUT2D eigenvalue weighted by Crippen LogP contribution is -2.10. The van der Waals surface area contributed by atoms with E-state index in [4.69, 9.17) is 8.83 Å². The summed E-state index contributed by atoms with van der Waals surface area (Å²) in [5, 5.41) is 6.91. The molecule has 0 aliphatic rings. The van der Waals surface area contributed by atoms with Gasteiger partial charge in [-0.15, -0.1) is 0 Å². The molecule has 230 valence electrons. The monoisotopic (exact) mass is 627 g/mol. The third-order valence-corrected chi connectivity index (χ3v) is 9.64. The van der Waals surface area contributed by atoms with Gasteiger partial charge in [0.1, 0.15) is 22.3 Å². The van der Waals surface area contributed by atoms with Gasteiger partial charge in [-0.05, 0) is 93.7 Å². The van der Waals surface area contributed by atoms with Crippen LogP contribution < -0.4 is 4.90 Å². The first-order valence-corrected chi connectivity index (χ1v) is 16.6. The van der Waals surface area contributed by atoms with Gasteiger partial charge in [0.25, 0.3) is 0 Å². The molecule has 3 nitrogen and oxygen atoms in total. The van der Waals surface area contributed by atoms with Crippen LogP contribution in [0.2, 0.25) is 0 Å². The summed E-state index contributed by atoms with van der Waals surface area (Å²) in [5.41, 5.74) is 11.3. The lowest BCUT2D eigenvalue weighted by atomic mass is 9.95. The van der Waals surface area contributed by atoms with Crippen LogP contribution in [-0.4, -0.2) is 0 Å². The molecule has 0 spiro atoms. The summed E-state index contributed by atoms with van der Waals surface area (Å²) in [4.78, 5) is 2.31. The molecule has 2 heterocycles. The Kier molecular flexibility index (Phi) is 6.18. The second-order valence-corrected chi connectivity index (χ2v) is 12.6. The van der Waals surface area contributed by atoms with Gasteiger partial charge in [0.15, 0.2) is 0 Å². The molecular weight excluding hydrogens is 599 g/mol. The molecule has 0 N–H and O–H groups in total. The number of benzene rings is 8. The van der Waals surface area contributed by atoms with Gasteiger partial charge >= 0.3 is 0 Å². The number of para-hydroxylation sites is 2. The highest BCUT2D eigenvalue weighted by Gasteiger charge is 2.18. The first-order valence-electron chi connectivity index (χ1n) is 16.6. The van der Waals surface area contributed by atoms with Crippen molar-refractivity contribution in [2.24, 2.45) is 0 Å². The van der Waals surface area contributed by atoms with Crippen molar-refractivity contribution in [1.82, 2.24) is 0 Å². The van der Waals surface area contributed by atoms with Gasteiger partial charge in [0.05, 0.1) is 0 Å². The zero-order valence-corrected chi connectivity index (χ0v) is 26.5. The van der Waals surface area contributed by atoms with Crippen molar-refractivity contribution < 1.29 is 8.83 Å². The van der Waals surface area contributed by atoms with E-state index in [0.29, 0.717) is 0 Å². The third-order valence-electron chi connectivity index (χ3n) is 9.64. The SMILES string of the molecule is c1cc(-c2cccc(N(c3ccc4c(c3)oc3ccccc34)c3ccc4oc5ccccc5c4c3)c2)cc(-c2cccc3ccccc23)c1. The largest absolute Gasteiger partial charge is 0.456 e. The summed E-state index contributed by atoms with van der Waals surface area (Å²) < 4.78 is 12.6. The van der Waals surface area contributed by atoms with E-state index in [0.717, 1.165) is 72.1 Å². The van der Waals surface area contributed by atoms with E-state index in [1.165, 1.54) is 21.9 Å². The van der Waals surface area contributed by atoms with Crippen molar-refractivity contribution in [1.29, 1.82) is 0 Å². The van der Waals surface area contributed by atoms with Crippen LogP contribution in [0, 0.1) is 0 Å². The van der Waals surface area contributed by atoms with E-state index in [9.17, 15) is 0 Å². The van der Waals surface area contributed by atoms with Crippen LogP contribution in [-0.2, 0) is 0 Å². The minimum Gasteiger partial charge on any atom is -0.456 e. The predicted molar refractivity (Wildman–Crippen MR) is 204 cm³/mol. The number of fused-ring (bicyclic) bond motifs is 7. The van der Waals surface area contributed by atoms with Gasteiger partial charge in [-0.2, -0.15) is 0 Å². The number of rotatable bonds is 5. The average molecular weight is 628 g/mol. The van der Waals surface area contributed by atoms with Gasteiger partial charge in [-0.3, -0.25) is 0 Å². The molecule has 0 unspecified atom stereocenters. The van der Waals surface area contributed by atoms with Gasteiger partial charge in [-0.25, -0.2) is 0 Å². The standard InChI is InChI=1S/C46H29NO2/c1-2-16-37-30(10-1)11-9-19-38(37)33-14-7-12-31(26-33)32-13-8-15-34(27-32)47(35-23-25-45-42(28-35)40-18-4-6-21-44(40)48-45)36-22-24-41-39-17-3-5-20-43(39)49-46(41)29-36/h1-29H. The fourth-order valence-corrected chi connectivity index (χ4v) is 7.32. The molecular formula is C46H29NO2. The van der Waals surface area contributed by atoms with Crippen molar-refractivity contribution in [2.75, 3.05) is 4.90 Å². The van der Waals surface area contributed by atoms with Crippen LogP contribution in [0.25, 0.3) is 76.9 Å². The van der Waals surface area contributed by atoms with Crippen LogP contribution >= 0.6 is 0 Å². The third kappa shape index (κ3) is 4.59. The van der Waals surface area contributed by atoms with Crippen LogP contribution in [0.15, 0.2) is 185 Å². The van der Waals surface area contributed by atoms with E-state index in [2.05, 4.69) is 157 Å². The fraction of sp³-hybridized carbons (Fsp3) is 0. The smallest absolute Gasteiger partial charge is 0.137 e. The van der Waals surface area contributed by atoms with Gasteiger partial charge in [0, 0.05) is 44.7 Å². The first-order chi connectivity index (χ1) is 24.3. The quantitative estimate of drug-likeness (QED) is 0.190. The fourth-order valence-electron chi connectivity index (χ4n) is 7.32. The molecule has 0 saturated carbocycles. The molecule has 3 heteroatoms. The van der Waals surface area contributed by atoms with Gasteiger partial charge in [-0.1, -0.05) is 109 Å². The van der Waals surface area contributed by atoms with E-state index in [1.54, 1.807) is 0 Å². The molecule has 8 aromatic carbocycles. The zero-order valence-electron chi connectivity index (χ0n) is 26.5. The Morgan fingerprint density at radius 3 is 1.71 bits per heavy atom. The highest BCUT2D eigenvalue weighted by Crippen LogP contribution is 2.42. The van der Waals surface area contributed by atoms with Crippen LogP contribution in [0.1, 0.15) is 0 Å². The van der Waals surface area contributed by atoms with Gasteiger partial charge < -0.3 is 13.7 Å². The number of hydrogen-bond donors (Lipinski definition) is 0. The summed E-state index contributed by atoms with van der Waals surface area (Å²) in [5.74, 6) is 0. The van der Waals surface area contributed by atoms with Crippen LogP contribution in [0.5, 0.6) is 0 Å². The van der Waals surface area contributed by atoms with Crippen molar-refractivity contribution in [3.8, 4) is 22.3 Å². The van der Waals surface area contributed by atoms with Crippen molar-refractivity contribution in [3.05, 3.63) is 176 Å². The topological polar surface area (TPSA) is 29.5 Å². The number of furan rings is 2. The van der Waals surface area contributed by atoms with Crippen LogP contribution in [0.3, 0.4) is 0 Å². The molecule has 2 aromatic heterocycles. The second kappa shape index (κ2) is 11.0. The molecule has 0 fully saturated rings. The minimum atomic E-state index is 0.859. The maximum absolute atomic E-state index is 6.37. The maximum Gasteiger partial charge on any atom is 0.137 e. The van der Waals surface area contributed by atoms with E-state index in [1.807, 2.05) is 24.3 Å². The van der Waals surface area contributed by atoms with Crippen molar-refractivity contribution >= 4 is 71.7 Å². The number of hydrogen-bond acceptors (Lipinski definition) is 3. The van der Waals surface area contributed by atoms with E-state index < -0.39 is 0 Å². The lowest BCUT2D eigenvalue weighted by Gasteiger charge is -2.26. The molecule has 0 saturated heterocycles. The Bertz CT molecular complexity index is 2850. The summed E-state index contributed by atoms with van der Waals surface area (Å²) >= 11 is 0. The second-order valence-electron chi connectivity index (χ2n) is 12.6. The Balaban J connectivity index is 1.14. The molecule has 0 bridgehead atoms. The highest BCUT2D eigenvalue weighted by atomic mass is 16.3. The molecule has 49 heavy (non-hydrogen) atoms. The Morgan fingerprint density at radius 2 is 0.857 bits per heavy atom. The minimum absolute atomic E-state index is 0.859. The highest BCUT2D eigenvalue weighted by molar-refractivity contribution is 6.08. The Labute approximate surface area is 282 Å². The zero-order chi connectivity index (χ0) is 32.3. The summed E-state index contributed by atoms with van der Waals surface area (Å²) in [6.45, 7) is 0. The molecule has 10 rings (SSSR count). The number of nitrogens with zero attached hydrogens (tertiary/aromatic N) is 1. The summed E-state index contributed by atoms with van der Waals surface area (Å²) in [6.07, 6.45) is 0. The summed E-state index contributed by atoms with van der Waals surface area (Å²) in [6, 6.07) is 62.2. The molecule has 0 atom stereocenters. The lowest BCUT2D eigenvalue weighted by molar-refractivity contribution is 0.668.